The number of amides is 1. The number of thiazole rings is 1. The highest BCUT2D eigenvalue weighted by Gasteiger charge is 2.11. The van der Waals surface area contributed by atoms with Crippen LogP contribution in [0.2, 0.25) is 0 Å². The van der Waals surface area contributed by atoms with Crippen LogP contribution in [0.25, 0.3) is 10.8 Å². The van der Waals surface area contributed by atoms with Crippen LogP contribution in [0.3, 0.4) is 0 Å². The summed E-state index contributed by atoms with van der Waals surface area (Å²) in [5.41, 5.74) is 1.38. The second-order valence-electron chi connectivity index (χ2n) is 4.52. The fourth-order valence-corrected chi connectivity index (χ4v) is 3.21. The zero-order valence-corrected chi connectivity index (χ0v) is 13.9. The van der Waals surface area contributed by atoms with Gasteiger partial charge in [0.05, 0.1) is 29.0 Å². The number of hydrogen-bond acceptors (Lipinski definition) is 7. The number of nitrogens with one attached hydrogen (secondary N) is 2. The molecule has 7 nitrogen and oxygen atoms in total. The van der Waals surface area contributed by atoms with Crippen molar-refractivity contribution in [2.45, 2.75) is 18.4 Å². The van der Waals surface area contributed by atoms with E-state index in [2.05, 4.69) is 37.4 Å². The molecular weight excluding hydrogens is 332 g/mol. The molecule has 0 unspecified atom stereocenters. The van der Waals surface area contributed by atoms with Crippen molar-refractivity contribution < 1.29 is 4.79 Å². The number of H-pyrrole nitrogens is 1. The lowest BCUT2D eigenvalue weighted by Crippen LogP contribution is -2.14. The van der Waals surface area contributed by atoms with E-state index in [1.165, 1.54) is 17.7 Å². The summed E-state index contributed by atoms with van der Waals surface area (Å²) in [5, 5.41) is 12.9. The molecule has 0 fully saturated rings. The van der Waals surface area contributed by atoms with Crippen LogP contribution >= 0.6 is 23.1 Å². The Morgan fingerprint density at radius 3 is 3.00 bits per heavy atom. The summed E-state index contributed by atoms with van der Waals surface area (Å²) in [5.74, 6) is 1.45. The van der Waals surface area contributed by atoms with Gasteiger partial charge < -0.3 is 5.32 Å². The molecule has 3 heterocycles. The topological polar surface area (TPSA) is 96.5 Å². The number of carbonyl (C=O) groups excluding carboxylic acids is 1. The quantitative estimate of drug-likeness (QED) is 0.666. The van der Waals surface area contributed by atoms with E-state index in [-0.39, 0.29) is 12.3 Å². The van der Waals surface area contributed by atoms with Crippen LogP contribution in [-0.2, 0) is 11.2 Å². The first-order valence-electron chi connectivity index (χ1n) is 6.93. The minimum absolute atomic E-state index is 0.128. The van der Waals surface area contributed by atoms with Crippen LogP contribution < -0.4 is 5.32 Å². The molecule has 0 spiro atoms. The molecule has 0 atom stereocenters. The Labute approximate surface area is 141 Å². The highest BCUT2D eigenvalue weighted by molar-refractivity contribution is 7.99. The Hall–Kier alpha value is -2.26. The van der Waals surface area contributed by atoms with Gasteiger partial charge in [-0.1, -0.05) is 6.92 Å². The van der Waals surface area contributed by atoms with E-state index in [0.717, 1.165) is 10.8 Å². The second-order valence-corrected chi connectivity index (χ2v) is 6.66. The first-order valence-corrected chi connectivity index (χ1v) is 8.80. The van der Waals surface area contributed by atoms with Crippen molar-refractivity contribution in [2.24, 2.45) is 0 Å². The Morgan fingerprint density at radius 1 is 1.39 bits per heavy atom. The summed E-state index contributed by atoms with van der Waals surface area (Å²) in [6.07, 6.45) is 3.30. The third-order valence-corrected chi connectivity index (χ3v) is 4.55. The number of hydrogen-bond donors (Lipinski definition) is 2. The number of nitrogens with zero attached hydrogens (tertiary/aromatic N) is 4. The van der Waals surface area contributed by atoms with E-state index >= 15 is 0 Å². The fraction of sp³-hybridized carbons (Fsp3) is 0.214. The SMILES string of the molecule is CCSc1ccc(NC(=O)Cc2csc(-c3ncn[nH]3)n2)cn1. The molecule has 1 amide bonds. The molecule has 0 saturated heterocycles. The van der Waals surface area contributed by atoms with E-state index in [0.29, 0.717) is 22.2 Å². The summed E-state index contributed by atoms with van der Waals surface area (Å²) in [6.45, 7) is 2.07. The molecule has 0 aliphatic heterocycles. The molecule has 0 bridgehead atoms. The lowest BCUT2D eigenvalue weighted by Gasteiger charge is -2.04. The van der Waals surface area contributed by atoms with Gasteiger partial charge in [-0.15, -0.1) is 23.1 Å². The van der Waals surface area contributed by atoms with Gasteiger partial charge in [-0.3, -0.25) is 9.89 Å². The van der Waals surface area contributed by atoms with Gasteiger partial charge in [0.25, 0.3) is 0 Å². The van der Waals surface area contributed by atoms with Gasteiger partial charge >= 0.3 is 0 Å². The lowest BCUT2D eigenvalue weighted by molar-refractivity contribution is -0.115. The smallest absolute Gasteiger partial charge is 0.230 e. The summed E-state index contributed by atoms with van der Waals surface area (Å²) < 4.78 is 0. The molecule has 2 N–H and O–H groups in total. The molecule has 3 aromatic rings. The maximum atomic E-state index is 12.1. The predicted octanol–water partition coefficient (Wildman–Crippen LogP) is 2.62. The maximum Gasteiger partial charge on any atom is 0.230 e. The lowest BCUT2D eigenvalue weighted by atomic mass is 10.3. The first-order chi connectivity index (χ1) is 11.2. The molecule has 0 aliphatic carbocycles. The Bertz CT molecular complexity index is 769. The third-order valence-electron chi connectivity index (χ3n) is 2.82. The fourth-order valence-electron chi connectivity index (χ4n) is 1.86. The standard InChI is InChI=1S/C14H14N6OS2/c1-2-22-12-4-3-9(6-15-12)18-11(21)5-10-7-23-14(19-10)13-16-8-17-20-13/h3-4,6-8H,2,5H2,1H3,(H,18,21)(H,16,17,20). The van der Waals surface area contributed by atoms with Crippen molar-refractivity contribution in [1.29, 1.82) is 0 Å². The van der Waals surface area contributed by atoms with Crippen molar-refractivity contribution in [1.82, 2.24) is 25.1 Å². The number of rotatable bonds is 6. The van der Waals surface area contributed by atoms with Crippen molar-refractivity contribution in [3.8, 4) is 10.8 Å². The highest BCUT2D eigenvalue weighted by atomic mass is 32.2. The molecular formula is C14H14N6OS2. The van der Waals surface area contributed by atoms with Crippen molar-refractivity contribution in [2.75, 3.05) is 11.1 Å². The number of carbonyl (C=O) groups is 1. The van der Waals surface area contributed by atoms with Crippen LogP contribution in [0.4, 0.5) is 5.69 Å². The monoisotopic (exact) mass is 346 g/mol. The number of aromatic nitrogens is 5. The van der Waals surface area contributed by atoms with E-state index in [9.17, 15) is 4.79 Å². The van der Waals surface area contributed by atoms with Gasteiger partial charge in [0.1, 0.15) is 6.33 Å². The molecule has 0 aromatic carbocycles. The van der Waals surface area contributed by atoms with Crippen LogP contribution in [-0.4, -0.2) is 36.8 Å². The van der Waals surface area contributed by atoms with E-state index < -0.39 is 0 Å². The summed E-state index contributed by atoms with van der Waals surface area (Å²) in [7, 11) is 0. The van der Waals surface area contributed by atoms with E-state index in [1.807, 2.05) is 17.5 Å². The zero-order valence-electron chi connectivity index (χ0n) is 12.3. The number of aromatic amines is 1. The van der Waals surface area contributed by atoms with Crippen molar-refractivity contribution in [3.05, 3.63) is 35.7 Å². The normalized spacial score (nSPS) is 10.7. The molecule has 9 heteroatoms. The molecule has 0 aliphatic rings. The van der Waals surface area contributed by atoms with E-state index in [1.54, 1.807) is 18.0 Å². The first kappa shape index (κ1) is 15.6. The molecule has 23 heavy (non-hydrogen) atoms. The third kappa shape index (κ3) is 4.14. The summed E-state index contributed by atoms with van der Waals surface area (Å²) in [6, 6.07) is 3.75. The van der Waals surface area contributed by atoms with Crippen LogP contribution in [0.1, 0.15) is 12.6 Å². The molecule has 0 radical (unpaired) electrons. The largest absolute Gasteiger partial charge is 0.324 e. The number of anilines is 1. The van der Waals surface area contributed by atoms with Crippen LogP contribution in [0.5, 0.6) is 0 Å². The van der Waals surface area contributed by atoms with Crippen molar-refractivity contribution in [3.63, 3.8) is 0 Å². The van der Waals surface area contributed by atoms with Gasteiger partial charge in [0.2, 0.25) is 5.91 Å². The van der Waals surface area contributed by atoms with Gasteiger partial charge in [-0.05, 0) is 17.9 Å². The summed E-state index contributed by atoms with van der Waals surface area (Å²) in [4.78, 5) is 24.8. The molecule has 118 valence electrons. The van der Waals surface area contributed by atoms with Gasteiger partial charge in [-0.2, -0.15) is 5.10 Å². The van der Waals surface area contributed by atoms with Gasteiger partial charge in [-0.25, -0.2) is 15.0 Å². The molecule has 3 aromatic heterocycles. The minimum Gasteiger partial charge on any atom is -0.324 e. The average Bonchev–Trinajstić information content (AvgIpc) is 3.20. The van der Waals surface area contributed by atoms with Gasteiger partial charge in [0.15, 0.2) is 10.8 Å². The Kier molecular flexibility index (Phi) is 4.99. The van der Waals surface area contributed by atoms with Crippen LogP contribution in [0, 0.1) is 0 Å². The number of thioether (sulfide) groups is 1. The predicted molar refractivity (Wildman–Crippen MR) is 90.5 cm³/mol. The second kappa shape index (κ2) is 7.34. The maximum absolute atomic E-state index is 12.1. The Morgan fingerprint density at radius 2 is 2.30 bits per heavy atom. The highest BCUT2D eigenvalue weighted by Crippen LogP contribution is 2.20. The average molecular weight is 346 g/mol. The Balaban J connectivity index is 1.59. The van der Waals surface area contributed by atoms with Crippen LogP contribution in [0.15, 0.2) is 35.1 Å². The van der Waals surface area contributed by atoms with Crippen molar-refractivity contribution >= 4 is 34.7 Å². The van der Waals surface area contributed by atoms with Gasteiger partial charge in [0, 0.05) is 5.38 Å². The van der Waals surface area contributed by atoms with E-state index in [4.69, 9.17) is 0 Å². The molecule has 3 rings (SSSR count). The zero-order chi connectivity index (χ0) is 16.1. The number of pyridine rings is 1. The minimum atomic E-state index is -0.128. The molecule has 0 saturated carbocycles. The summed E-state index contributed by atoms with van der Waals surface area (Å²) >= 11 is 3.08.